The summed E-state index contributed by atoms with van der Waals surface area (Å²) >= 11 is 0. The molecule has 0 heterocycles. The van der Waals surface area contributed by atoms with Gasteiger partial charge in [0.15, 0.2) is 0 Å². The van der Waals surface area contributed by atoms with Crippen LogP contribution in [0.25, 0.3) is 0 Å². The average molecular weight is 298 g/mol. The number of hydrazone groups is 1. The van der Waals surface area contributed by atoms with Crippen LogP contribution in [0.15, 0.2) is 64.6 Å². The van der Waals surface area contributed by atoms with Crippen LogP contribution in [0.1, 0.15) is 11.1 Å². The van der Waals surface area contributed by atoms with Crippen molar-refractivity contribution in [3.63, 3.8) is 0 Å². The first-order chi connectivity index (χ1) is 9.08. The minimum atomic E-state index is -3.60. The zero-order valence-electron chi connectivity index (χ0n) is 10.4. The normalized spacial score (nSPS) is 11.1. The molecule has 0 aliphatic carbocycles. The Kier molecular flexibility index (Phi) is 6.42. The topological polar surface area (TPSA) is 58.5 Å². The third-order valence-corrected chi connectivity index (χ3v) is 3.76. The van der Waals surface area contributed by atoms with Crippen molar-refractivity contribution < 1.29 is 8.42 Å². The van der Waals surface area contributed by atoms with E-state index in [0.717, 1.165) is 11.1 Å². The van der Waals surface area contributed by atoms with E-state index in [9.17, 15) is 8.42 Å². The van der Waals surface area contributed by atoms with Gasteiger partial charge < -0.3 is 0 Å². The van der Waals surface area contributed by atoms with Crippen LogP contribution in [0.5, 0.6) is 0 Å². The van der Waals surface area contributed by atoms with Gasteiger partial charge in [-0.25, -0.2) is 4.83 Å². The first-order valence-corrected chi connectivity index (χ1v) is 7.23. The van der Waals surface area contributed by atoms with Crippen LogP contribution < -0.4 is 4.83 Å². The maximum absolute atomic E-state index is 11.9. The Labute approximate surface area is 141 Å². The molecule has 0 fully saturated rings. The zero-order valence-corrected chi connectivity index (χ0v) is 11.3. The quantitative estimate of drug-likeness (QED) is 0.530. The first kappa shape index (κ1) is 16.9. The molecule has 20 heavy (non-hydrogen) atoms. The van der Waals surface area contributed by atoms with E-state index < -0.39 is 10.0 Å². The summed E-state index contributed by atoms with van der Waals surface area (Å²) in [5, 5.41) is 3.75. The van der Waals surface area contributed by atoms with E-state index >= 15 is 0 Å². The molecule has 1 N–H and O–H groups in total. The molecule has 4 nitrogen and oxygen atoms in total. The minimum absolute atomic E-state index is 0. The van der Waals surface area contributed by atoms with E-state index in [-0.39, 0.29) is 34.5 Å². The fraction of sp³-hybridized carbons (Fsp3) is 0.0714. The number of nitrogens with zero attached hydrogens (tertiary/aromatic N) is 1. The number of benzene rings is 2. The van der Waals surface area contributed by atoms with E-state index in [2.05, 4.69) is 9.93 Å². The third-order valence-electron chi connectivity index (χ3n) is 2.52. The van der Waals surface area contributed by atoms with Crippen LogP contribution in [0, 0.1) is 6.92 Å². The Morgan fingerprint density at radius 1 is 1.00 bits per heavy atom. The molecule has 0 saturated heterocycles. The number of sulfonamides is 1. The predicted molar refractivity (Wildman–Crippen MR) is 82.7 cm³/mol. The van der Waals surface area contributed by atoms with Gasteiger partial charge in [0.25, 0.3) is 10.0 Å². The van der Waals surface area contributed by atoms with E-state index in [1.165, 1.54) is 6.21 Å². The molecule has 0 atom stereocenters. The van der Waals surface area contributed by atoms with Gasteiger partial charge in [0.2, 0.25) is 0 Å². The van der Waals surface area contributed by atoms with Gasteiger partial charge >= 0.3 is 29.6 Å². The van der Waals surface area contributed by atoms with Gasteiger partial charge in [-0.2, -0.15) is 13.5 Å². The van der Waals surface area contributed by atoms with Gasteiger partial charge in [-0.3, -0.25) is 0 Å². The van der Waals surface area contributed by atoms with E-state index in [1.54, 1.807) is 24.3 Å². The van der Waals surface area contributed by atoms with Crippen LogP contribution >= 0.6 is 0 Å². The number of rotatable bonds is 4. The van der Waals surface area contributed by atoms with Crippen LogP contribution in [0.3, 0.4) is 0 Å². The monoisotopic (exact) mass is 298 g/mol. The molecule has 0 spiro atoms. The van der Waals surface area contributed by atoms with Gasteiger partial charge in [-0.05, 0) is 24.6 Å². The average Bonchev–Trinajstić information content (AvgIpc) is 2.40. The van der Waals surface area contributed by atoms with Crippen LogP contribution in [-0.2, 0) is 10.0 Å². The van der Waals surface area contributed by atoms with Gasteiger partial charge in [0.1, 0.15) is 0 Å². The molecule has 0 aliphatic heterocycles. The fourth-order valence-electron chi connectivity index (χ4n) is 1.48. The van der Waals surface area contributed by atoms with E-state index in [1.807, 2.05) is 37.3 Å². The van der Waals surface area contributed by atoms with Gasteiger partial charge in [0, 0.05) is 0 Å². The Hall–Kier alpha value is -1.14. The molecule has 2 aromatic carbocycles. The second-order valence-corrected chi connectivity index (χ2v) is 5.74. The molecule has 0 aliphatic rings. The van der Waals surface area contributed by atoms with Gasteiger partial charge in [-0.1, -0.05) is 48.0 Å². The van der Waals surface area contributed by atoms with Crippen molar-refractivity contribution in [3.05, 3.63) is 65.7 Å². The van der Waals surface area contributed by atoms with Crippen molar-refractivity contribution in [2.75, 3.05) is 0 Å². The molecular weight excluding hydrogens is 283 g/mol. The number of aryl methyl sites for hydroxylation is 1. The summed E-state index contributed by atoms with van der Waals surface area (Å²) in [5.41, 5.74) is 1.83. The van der Waals surface area contributed by atoms with Crippen molar-refractivity contribution in [1.29, 1.82) is 0 Å². The summed E-state index contributed by atoms with van der Waals surface area (Å²) < 4.78 is 23.8. The maximum atomic E-state index is 11.9. The summed E-state index contributed by atoms with van der Waals surface area (Å²) in [6.45, 7) is 1.90. The third kappa shape index (κ3) is 4.76. The summed E-state index contributed by atoms with van der Waals surface area (Å²) in [5.74, 6) is 0. The summed E-state index contributed by atoms with van der Waals surface area (Å²) in [6.07, 6.45) is 1.46. The van der Waals surface area contributed by atoms with E-state index in [0.29, 0.717) is 0 Å². The Morgan fingerprint density at radius 2 is 1.60 bits per heavy atom. The molecule has 0 aromatic heterocycles. The SMILES string of the molecule is Cc1ccc(S(=O)(=O)NN=Cc2ccccc2)cc1.[NaH]. The molecule has 6 heteroatoms. The van der Waals surface area contributed by atoms with Crippen molar-refractivity contribution >= 4 is 45.8 Å². The second kappa shape index (κ2) is 7.59. The molecule has 0 unspecified atom stereocenters. The molecule has 0 amide bonds. The van der Waals surface area contributed by atoms with Crippen molar-refractivity contribution in [1.82, 2.24) is 4.83 Å². The molecule has 0 bridgehead atoms. The number of hydrogen-bond donors (Lipinski definition) is 1. The zero-order chi connectivity index (χ0) is 13.7. The molecule has 0 radical (unpaired) electrons. The molecule has 0 saturated carbocycles. The van der Waals surface area contributed by atoms with Gasteiger partial charge in [0.05, 0.1) is 11.1 Å². The summed E-state index contributed by atoms with van der Waals surface area (Å²) in [4.78, 5) is 2.38. The molecule has 100 valence electrons. The number of hydrogen-bond acceptors (Lipinski definition) is 3. The van der Waals surface area contributed by atoms with E-state index in [4.69, 9.17) is 0 Å². The fourth-order valence-corrected chi connectivity index (χ4v) is 2.27. The first-order valence-electron chi connectivity index (χ1n) is 5.74. The van der Waals surface area contributed by atoms with Gasteiger partial charge in [-0.15, -0.1) is 0 Å². The summed E-state index contributed by atoms with van der Waals surface area (Å²) in [6, 6.07) is 15.9. The van der Waals surface area contributed by atoms with Crippen LogP contribution in [0.4, 0.5) is 0 Å². The van der Waals surface area contributed by atoms with Crippen LogP contribution in [-0.4, -0.2) is 44.2 Å². The van der Waals surface area contributed by atoms with Crippen molar-refractivity contribution in [3.8, 4) is 0 Å². The molecule has 2 aromatic rings. The Morgan fingerprint density at radius 3 is 2.20 bits per heavy atom. The number of nitrogens with one attached hydrogen (secondary N) is 1. The standard InChI is InChI=1S/C14H14N2O2S.Na.H/c1-12-7-9-14(10-8-12)19(17,18)16-15-11-13-5-3-2-4-6-13;;/h2-11,16H,1H3;;. The molecule has 2 rings (SSSR count). The summed E-state index contributed by atoms with van der Waals surface area (Å²) in [7, 11) is -3.60. The predicted octanol–water partition coefficient (Wildman–Crippen LogP) is 1.66. The Bertz CT molecular complexity index is 668. The van der Waals surface area contributed by atoms with Crippen molar-refractivity contribution in [2.24, 2.45) is 5.10 Å². The van der Waals surface area contributed by atoms with Crippen molar-refractivity contribution in [2.45, 2.75) is 11.8 Å². The van der Waals surface area contributed by atoms with Crippen LogP contribution in [0.2, 0.25) is 0 Å². The Balaban J connectivity index is 0.00000200. The molecular formula is C14H15N2NaO2S. The second-order valence-electron chi connectivity index (χ2n) is 4.08.